The number of aromatic nitrogens is 3. The van der Waals surface area contributed by atoms with Gasteiger partial charge in [-0.2, -0.15) is 9.73 Å². The lowest BCUT2D eigenvalue weighted by molar-refractivity contribution is 0.111. The molecule has 10 heavy (non-hydrogen) atoms. The fourth-order valence-electron chi connectivity index (χ4n) is 0.891. The van der Waals surface area contributed by atoms with Gasteiger partial charge in [-0.1, -0.05) is 0 Å². The second-order valence-corrected chi connectivity index (χ2v) is 2.00. The van der Waals surface area contributed by atoms with E-state index in [0.29, 0.717) is 5.69 Å². The normalized spacial score (nSPS) is 10.4. The molecule has 0 radical (unpaired) electrons. The molecule has 0 aliphatic heterocycles. The van der Waals surface area contributed by atoms with Crippen molar-refractivity contribution in [1.82, 2.24) is 14.8 Å². The number of hydrogen-bond donors (Lipinski definition) is 1. The molecule has 1 N–H and O–H groups in total. The Labute approximate surface area is 56.4 Å². The highest BCUT2D eigenvalue weighted by Crippen LogP contribution is 2.01. The summed E-state index contributed by atoms with van der Waals surface area (Å²) in [6, 6.07) is 3.56. The third kappa shape index (κ3) is 0.556. The van der Waals surface area contributed by atoms with Crippen LogP contribution >= 0.6 is 0 Å². The fraction of sp³-hybridized carbons (Fsp3) is 0. The molecule has 2 aromatic heterocycles. The number of aldehydes is 1. The van der Waals surface area contributed by atoms with Crippen molar-refractivity contribution >= 4 is 11.8 Å². The summed E-state index contributed by atoms with van der Waals surface area (Å²) >= 11 is 0. The van der Waals surface area contributed by atoms with Crippen molar-refractivity contribution < 1.29 is 4.79 Å². The molecular formula is C6H5N3O. The smallest absolute Gasteiger partial charge is 0.167 e. The Morgan fingerprint density at radius 1 is 1.70 bits per heavy atom. The van der Waals surface area contributed by atoms with Gasteiger partial charge in [0, 0.05) is 0 Å². The number of H-pyrrole nitrogens is 1. The van der Waals surface area contributed by atoms with Gasteiger partial charge in [0.05, 0.1) is 17.4 Å². The standard InChI is InChI=1S/C6H5N3O/c10-4-5-3-6-1-2-7-9(6)8-5/h1-4,8H. The van der Waals surface area contributed by atoms with E-state index >= 15 is 0 Å². The second kappa shape index (κ2) is 1.70. The lowest BCUT2D eigenvalue weighted by Gasteiger charge is -1.77. The minimum atomic E-state index is 0.545. The topological polar surface area (TPSA) is 50.2 Å². The lowest BCUT2D eigenvalue weighted by atomic mass is 10.4. The number of rotatable bonds is 1. The van der Waals surface area contributed by atoms with E-state index in [4.69, 9.17) is 0 Å². The van der Waals surface area contributed by atoms with Crippen molar-refractivity contribution in [3.05, 3.63) is 24.0 Å². The Hall–Kier alpha value is -1.58. The van der Waals surface area contributed by atoms with Crippen LogP contribution in [0.4, 0.5) is 0 Å². The highest BCUT2D eigenvalue weighted by atomic mass is 16.1. The van der Waals surface area contributed by atoms with Crippen molar-refractivity contribution in [1.29, 1.82) is 0 Å². The largest absolute Gasteiger partial charge is 0.296 e. The molecule has 0 bridgehead atoms. The van der Waals surface area contributed by atoms with Crippen LogP contribution in [0.2, 0.25) is 0 Å². The van der Waals surface area contributed by atoms with Crippen LogP contribution in [0.25, 0.3) is 5.52 Å². The molecule has 0 unspecified atom stereocenters. The Kier molecular flexibility index (Phi) is 0.887. The zero-order valence-corrected chi connectivity index (χ0v) is 5.11. The van der Waals surface area contributed by atoms with E-state index in [0.717, 1.165) is 11.8 Å². The van der Waals surface area contributed by atoms with Crippen molar-refractivity contribution in [2.75, 3.05) is 0 Å². The van der Waals surface area contributed by atoms with Crippen LogP contribution < -0.4 is 0 Å². The van der Waals surface area contributed by atoms with Gasteiger partial charge < -0.3 is 0 Å². The summed E-state index contributed by atoms with van der Waals surface area (Å²) in [5.74, 6) is 0. The number of carbonyl (C=O) groups excluding carboxylic acids is 1. The van der Waals surface area contributed by atoms with Gasteiger partial charge in [-0.25, -0.2) is 0 Å². The van der Waals surface area contributed by atoms with Crippen molar-refractivity contribution in [3.63, 3.8) is 0 Å². The van der Waals surface area contributed by atoms with Crippen LogP contribution in [0.1, 0.15) is 10.5 Å². The van der Waals surface area contributed by atoms with Gasteiger partial charge >= 0.3 is 0 Å². The number of nitrogens with zero attached hydrogens (tertiary/aromatic N) is 2. The Morgan fingerprint density at radius 2 is 2.60 bits per heavy atom. The first-order chi connectivity index (χ1) is 4.90. The summed E-state index contributed by atoms with van der Waals surface area (Å²) in [6.07, 6.45) is 2.43. The maximum Gasteiger partial charge on any atom is 0.167 e. The van der Waals surface area contributed by atoms with Gasteiger partial charge in [-0.3, -0.25) is 9.89 Å². The fourth-order valence-corrected chi connectivity index (χ4v) is 0.891. The van der Waals surface area contributed by atoms with E-state index in [1.165, 1.54) is 0 Å². The van der Waals surface area contributed by atoms with Crippen LogP contribution in [0.3, 0.4) is 0 Å². The average Bonchev–Trinajstić information content (AvgIpc) is 2.42. The van der Waals surface area contributed by atoms with E-state index in [-0.39, 0.29) is 0 Å². The minimum Gasteiger partial charge on any atom is -0.296 e. The maximum atomic E-state index is 10.2. The zero-order valence-electron chi connectivity index (χ0n) is 5.11. The molecule has 0 amide bonds. The van der Waals surface area contributed by atoms with Gasteiger partial charge in [-0.05, 0) is 12.1 Å². The molecule has 0 atom stereocenters. The van der Waals surface area contributed by atoms with Crippen LogP contribution in [-0.4, -0.2) is 21.1 Å². The Bertz CT molecular complexity index is 331. The molecule has 2 aromatic rings. The summed E-state index contributed by atoms with van der Waals surface area (Å²) in [4.78, 5) is 10.2. The Morgan fingerprint density at radius 3 is 3.30 bits per heavy atom. The Balaban J connectivity index is 2.78. The summed E-state index contributed by atoms with van der Waals surface area (Å²) in [5, 5.41) is 6.65. The van der Waals surface area contributed by atoms with Gasteiger partial charge in [-0.15, -0.1) is 0 Å². The predicted molar refractivity (Wildman–Crippen MR) is 34.9 cm³/mol. The SMILES string of the molecule is O=Cc1cc2ccnn2[nH]1. The van der Waals surface area contributed by atoms with Gasteiger partial charge in [0.15, 0.2) is 6.29 Å². The first-order valence-corrected chi connectivity index (χ1v) is 2.88. The number of fused-ring (bicyclic) bond motifs is 1. The van der Waals surface area contributed by atoms with Crippen molar-refractivity contribution in [3.8, 4) is 0 Å². The molecule has 0 aromatic carbocycles. The molecule has 0 saturated carbocycles. The molecular weight excluding hydrogens is 130 g/mol. The predicted octanol–water partition coefficient (Wildman–Crippen LogP) is 0.475. The molecule has 0 saturated heterocycles. The summed E-state index contributed by atoms with van der Waals surface area (Å²) in [5.41, 5.74) is 1.45. The van der Waals surface area contributed by atoms with Crippen LogP contribution in [0.15, 0.2) is 18.3 Å². The number of carbonyl (C=O) groups is 1. The molecule has 0 spiro atoms. The highest BCUT2D eigenvalue weighted by Gasteiger charge is 1.96. The summed E-state index contributed by atoms with van der Waals surface area (Å²) in [7, 11) is 0. The molecule has 2 heterocycles. The first kappa shape index (κ1) is 5.22. The quantitative estimate of drug-likeness (QED) is 0.578. The van der Waals surface area contributed by atoms with E-state index in [1.807, 2.05) is 6.07 Å². The van der Waals surface area contributed by atoms with Crippen LogP contribution in [-0.2, 0) is 0 Å². The maximum absolute atomic E-state index is 10.2. The monoisotopic (exact) mass is 135 g/mol. The number of aromatic amines is 1. The minimum absolute atomic E-state index is 0.545. The second-order valence-electron chi connectivity index (χ2n) is 2.00. The molecule has 50 valence electrons. The summed E-state index contributed by atoms with van der Waals surface area (Å²) in [6.45, 7) is 0. The number of hydrogen-bond acceptors (Lipinski definition) is 2. The third-order valence-corrected chi connectivity index (χ3v) is 1.34. The molecule has 2 rings (SSSR count). The van der Waals surface area contributed by atoms with Gasteiger partial charge in [0.2, 0.25) is 0 Å². The number of nitrogens with one attached hydrogen (secondary N) is 1. The van der Waals surface area contributed by atoms with E-state index in [9.17, 15) is 4.79 Å². The van der Waals surface area contributed by atoms with E-state index in [2.05, 4.69) is 10.2 Å². The average molecular weight is 135 g/mol. The van der Waals surface area contributed by atoms with Crippen molar-refractivity contribution in [2.24, 2.45) is 0 Å². The molecule has 0 aliphatic carbocycles. The molecule has 0 fully saturated rings. The van der Waals surface area contributed by atoms with Crippen molar-refractivity contribution in [2.45, 2.75) is 0 Å². The van der Waals surface area contributed by atoms with Gasteiger partial charge in [0.25, 0.3) is 0 Å². The third-order valence-electron chi connectivity index (χ3n) is 1.34. The van der Waals surface area contributed by atoms with Crippen LogP contribution in [0.5, 0.6) is 0 Å². The van der Waals surface area contributed by atoms with Gasteiger partial charge in [0.1, 0.15) is 0 Å². The lowest BCUT2D eigenvalue weighted by Crippen LogP contribution is -1.86. The molecule has 0 aliphatic rings. The molecule has 4 heteroatoms. The van der Waals surface area contributed by atoms with E-state index in [1.54, 1.807) is 16.9 Å². The first-order valence-electron chi connectivity index (χ1n) is 2.88. The zero-order chi connectivity index (χ0) is 6.97. The molecule has 4 nitrogen and oxygen atoms in total. The summed E-state index contributed by atoms with van der Waals surface area (Å²) < 4.78 is 1.55. The van der Waals surface area contributed by atoms with E-state index < -0.39 is 0 Å². The van der Waals surface area contributed by atoms with Crippen LogP contribution in [0, 0.1) is 0 Å². The highest BCUT2D eigenvalue weighted by molar-refractivity contribution is 5.74.